The molecule has 0 saturated carbocycles. The molecule has 3 aromatic rings. The van der Waals surface area contributed by atoms with Crippen molar-refractivity contribution < 1.29 is 9.53 Å². The van der Waals surface area contributed by atoms with Crippen molar-refractivity contribution in [2.24, 2.45) is 0 Å². The van der Waals surface area contributed by atoms with Gasteiger partial charge in [0.15, 0.2) is 0 Å². The fourth-order valence-corrected chi connectivity index (χ4v) is 5.35. The molecule has 0 radical (unpaired) electrons. The van der Waals surface area contributed by atoms with Crippen molar-refractivity contribution in [3.8, 4) is 22.4 Å². The van der Waals surface area contributed by atoms with Crippen LogP contribution in [0.2, 0.25) is 0 Å². The predicted octanol–water partition coefficient (Wildman–Crippen LogP) is 4.65. The third-order valence-corrected chi connectivity index (χ3v) is 7.12. The zero-order valence-corrected chi connectivity index (χ0v) is 19.3. The summed E-state index contributed by atoms with van der Waals surface area (Å²) >= 11 is 0. The molecule has 1 aromatic heterocycles. The second-order valence-corrected chi connectivity index (χ2v) is 9.32. The van der Waals surface area contributed by atoms with Gasteiger partial charge in [0, 0.05) is 23.6 Å². The monoisotopic (exact) mass is 442 g/mol. The van der Waals surface area contributed by atoms with Gasteiger partial charge in [-0.3, -0.25) is 4.79 Å². The van der Waals surface area contributed by atoms with Crippen molar-refractivity contribution in [3.63, 3.8) is 0 Å². The first-order chi connectivity index (χ1) is 16.0. The van der Waals surface area contributed by atoms with E-state index in [1.54, 1.807) is 13.0 Å². The number of Topliss-reactive ketones (excluding diaryl/α,β-unsaturated/α-hetero) is 1. The number of aryl methyl sites for hydroxylation is 2. The van der Waals surface area contributed by atoms with Crippen molar-refractivity contribution in [3.05, 3.63) is 81.1 Å². The topological polar surface area (TPSA) is 71.2 Å². The summed E-state index contributed by atoms with van der Waals surface area (Å²) in [5.41, 5.74) is 8.20. The number of nitrogens with one attached hydrogen (secondary N) is 2. The van der Waals surface area contributed by atoms with E-state index >= 15 is 0 Å². The number of aromatic nitrogens is 1. The number of H-pyrrole nitrogens is 1. The van der Waals surface area contributed by atoms with Crippen LogP contribution >= 0.6 is 0 Å². The Hall–Kier alpha value is -3.02. The Kier molecular flexibility index (Phi) is 5.77. The number of hydrogen-bond donors (Lipinski definition) is 2. The second-order valence-electron chi connectivity index (χ2n) is 9.32. The Balaban J connectivity index is 1.54. The van der Waals surface area contributed by atoms with Gasteiger partial charge >= 0.3 is 0 Å². The van der Waals surface area contributed by atoms with Crippen LogP contribution < -0.4 is 10.9 Å². The molecular weight excluding hydrogens is 412 g/mol. The fourth-order valence-electron chi connectivity index (χ4n) is 5.35. The van der Waals surface area contributed by atoms with Gasteiger partial charge in [-0.2, -0.15) is 0 Å². The highest BCUT2D eigenvalue weighted by Gasteiger charge is 2.42. The molecule has 1 fully saturated rings. The van der Waals surface area contributed by atoms with E-state index in [-0.39, 0.29) is 16.9 Å². The Morgan fingerprint density at radius 2 is 1.85 bits per heavy atom. The normalized spacial score (nSPS) is 16.7. The highest BCUT2D eigenvalue weighted by molar-refractivity contribution is 5.78. The largest absolute Gasteiger partial charge is 0.365 e. The fraction of sp³-hybridized carbons (Fsp3) is 0.357. The van der Waals surface area contributed by atoms with Crippen LogP contribution in [0.15, 0.2) is 53.3 Å². The number of rotatable bonds is 5. The molecule has 5 nitrogen and oxygen atoms in total. The maximum Gasteiger partial charge on any atom is 0.248 e. The third-order valence-electron chi connectivity index (χ3n) is 7.12. The molecule has 33 heavy (non-hydrogen) atoms. The molecule has 0 unspecified atom stereocenters. The molecule has 170 valence electrons. The lowest BCUT2D eigenvalue weighted by Crippen LogP contribution is -2.40. The summed E-state index contributed by atoms with van der Waals surface area (Å²) in [6.07, 6.45) is 3.05. The standard InChI is InChI=1S/C28H30N2O3/c1-18-15-21(23-6-4-3-5-20(23)8-7-19(2)31)9-10-22(18)27-24-17-33-28(11-13-29-14-12-28)25(24)16-26(32)30-27/h3-6,9-10,15-16,29H,7-8,11-14,17H2,1-2H3,(H,30,32). The summed E-state index contributed by atoms with van der Waals surface area (Å²) in [5, 5.41) is 3.39. The molecule has 2 N–H and O–H groups in total. The maximum absolute atomic E-state index is 12.7. The van der Waals surface area contributed by atoms with E-state index in [4.69, 9.17) is 4.74 Å². The molecule has 0 aliphatic carbocycles. The van der Waals surface area contributed by atoms with E-state index in [2.05, 4.69) is 47.6 Å². The molecule has 0 atom stereocenters. The molecule has 0 bridgehead atoms. The van der Waals surface area contributed by atoms with Crippen LogP contribution in [0.1, 0.15) is 48.4 Å². The number of aromatic amines is 1. The highest BCUT2D eigenvalue weighted by atomic mass is 16.5. The van der Waals surface area contributed by atoms with Gasteiger partial charge in [0.1, 0.15) is 5.78 Å². The predicted molar refractivity (Wildman–Crippen MR) is 130 cm³/mol. The Morgan fingerprint density at radius 1 is 1.06 bits per heavy atom. The van der Waals surface area contributed by atoms with E-state index in [9.17, 15) is 9.59 Å². The quantitative estimate of drug-likeness (QED) is 0.604. The molecule has 1 saturated heterocycles. The van der Waals surface area contributed by atoms with Crippen molar-refractivity contribution in [2.75, 3.05) is 13.1 Å². The van der Waals surface area contributed by atoms with Gasteiger partial charge in [0.05, 0.1) is 17.9 Å². The first kappa shape index (κ1) is 21.8. The summed E-state index contributed by atoms with van der Waals surface area (Å²) < 4.78 is 6.34. The molecule has 2 aliphatic heterocycles. The van der Waals surface area contributed by atoms with Crippen molar-refractivity contribution >= 4 is 5.78 Å². The first-order valence-electron chi connectivity index (χ1n) is 11.8. The number of ether oxygens (including phenoxy) is 1. The number of hydrogen-bond acceptors (Lipinski definition) is 4. The number of piperidine rings is 1. The van der Waals surface area contributed by atoms with Crippen molar-refractivity contribution in [2.45, 2.75) is 51.7 Å². The molecule has 2 aliphatic rings. The number of carbonyl (C=O) groups is 1. The average Bonchev–Trinajstić information content (AvgIpc) is 3.15. The minimum atomic E-state index is -0.340. The molecule has 1 spiro atoms. The second kappa shape index (κ2) is 8.73. The average molecular weight is 443 g/mol. The van der Waals surface area contributed by atoms with Gasteiger partial charge in [-0.05, 0) is 74.0 Å². The lowest BCUT2D eigenvalue weighted by atomic mass is 9.83. The zero-order chi connectivity index (χ0) is 23.0. The van der Waals surface area contributed by atoms with E-state index < -0.39 is 0 Å². The van der Waals surface area contributed by atoms with Gasteiger partial charge < -0.3 is 19.8 Å². The molecule has 3 heterocycles. The molecule has 2 aromatic carbocycles. The van der Waals surface area contributed by atoms with Gasteiger partial charge in [-0.1, -0.05) is 42.5 Å². The van der Waals surface area contributed by atoms with Crippen molar-refractivity contribution in [1.82, 2.24) is 10.3 Å². The van der Waals surface area contributed by atoms with E-state index in [0.717, 1.165) is 71.4 Å². The Bertz CT molecular complexity index is 1270. The summed E-state index contributed by atoms with van der Waals surface area (Å²) in [5.74, 6) is 0.201. The first-order valence-corrected chi connectivity index (χ1v) is 11.8. The summed E-state index contributed by atoms with van der Waals surface area (Å²) in [7, 11) is 0. The van der Waals surface area contributed by atoms with Gasteiger partial charge in [0.2, 0.25) is 5.56 Å². The molecule has 0 amide bonds. The van der Waals surface area contributed by atoms with E-state index in [0.29, 0.717) is 13.0 Å². The minimum absolute atomic E-state index is 0.0785. The summed E-state index contributed by atoms with van der Waals surface area (Å²) in [6.45, 7) is 6.05. The van der Waals surface area contributed by atoms with Crippen LogP contribution in [-0.4, -0.2) is 23.9 Å². The zero-order valence-electron chi connectivity index (χ0n) is 19.3. The lowest BCUT2D eigenvalue weighted by Gasteiger charge is -2.33. The van der Waals surface area contributed by atoms with E-state index in [1.165, 1.54) is 5.56 Å². The van der Waals surface area contributed by atoms with Crippen LogP contribution in [0, 0.1) is 6.92 Å². The number of pyridine rings is 1. The number of benzene rings is 2. The van der Waals surface area contributed by atoms with Crippen LogP contribution in [-0.2, 0) is 28.2 Å². The van der Waals surface area contributed by atoms with Crippen LogP contribution in [0.4, 0.5) is 0 Å². The Morgan fingerprint density at radius 3 is 2.61 bits per heavy atom. The number of ketones is 1. The van der Waals surface area contributed by atoms with Crippen LogP contribution in [0.25, 0.3) is 22.4 Å². The minimum Gasteiger partial charge on any atom is -0.365 e. The maximum atomic E-state index is 12.7. The number of carbonyl (C=O) groups excluding carboxylic acids is 1. The Labute approximate surface area is 194 Å². The van der Waals surface area contributed by atoms with Gasteiger partial charge in [0.25, 0.3) is 0 Å². The van der Waals surface area contributed by atoms with Gasteiger partial charge in [-0.25, -0.2) is 0 Å². The smallest absolute Gasteiger partial charge is 0.248 e. The SMILES string of the molecule is CC(=O)CCc1ccccc1-c1ccc(-c2[nH]c(=O)cc3c2COC32CCNCC2)c(C)c1. The molecule has 5 rings (SSSR count). The van der Waals surface area contributed by atoms with Crippen LogP contribution in [0.3, 0.4) is 0 Å². The van der Waals surface area contributed by atoms with Crippen molar-refractivity contribution in [1.29, 1.82) is 0 Å². The summed E-state index contributed by atoms with van der Waals surface area (Å²) in [4.78, 5) is 27.3. The van der Waals surface area contributed by atoms with Gasteiger partial charge in [-0.15, -0.1) is 0 Å². The molecule has 5 heteroatoms. The van der Waals surface area contributed by atoms with E-state index in [1.807, 2.05) is 12.1 Å². The molecular formula is C28H30N2O3. The third kappa shape index (κ3) is 4.07. The van der Waals surface area contributed by atoms with Crippen LogP contribution in [0.5, 0.6) is 0 Å². The lowest BCUT2D eigenvalue weighted by molar-refractivity contribution is -0.116. The number of fused-ring (bicyclic) bond motifs is 2. The highest BCUT2D eigenvalue weighted by Crippen LogP contribution is 2.45. The summed E-state index contributed by atoms with van der Waals surface area (Å²) in [6, 6.07) is 16.4.